The van der Waals surface area contributed by atoms with Gasteiger partial charge in [0.2, 0.25) is 5.89 Å². The first-order valence-corrected chi connectivity index (χ1v) is 15.0. The zero-order chi connectivity index (χ0) is 25.3. The smallest absolute Gasteiger partial charge is 0.231 e. The maximum atomic E-state index is 13.3. The molecule has 0 spiro atoms. The highest BCUT2D eigenvalue weighted by atomic mass is 32.2. The number of nitrogens with zero attached hydrogens (tertiary/aromatic N) is 2. The number of rotatable bonds is 8. The first kappa shape index (κ1) is 25.1. The number of hydrogen-bond acceptors (Lipinski definition) is 4. The van der Waals surface area contributed by atoms with Crippen molar-refractivity contribution in [2.45, 2.75) is 62.0 Å². The van der Waals surface area contributed by atoms with Gasteiger partial charge in [-0.15, -0.1) is 11.8 Å². The number of aliphatic hydroxyl groups is 1. The Kier molecular flexibility index (Phi) is 7.17. The Labute approximate surface area is 223 Å². The average molecular weight is 522 g/mol. The molecule has 7 rings (SSSR count). The van der Waals surface area contributed by atoms with E-state index in [1.54, 1.807) is 12.1 Å². The molecule has 37 heavy (non-hydrogen) atoms. The first-order chi connectivity index (χ1) is 18.0. The molecule has 6 heteroatoms. The summed E-state index contributed by atoms with van der Waals surface area (Å²) in [7, 11) is 0. The molecule has 2 atom stereocenters. The van der Waals surface area contributed by atoms with Gasteiger partial charge in [0.05, 0.1) is 25.8 Å². The van der Waals surface area contributed by atoms with Gasteiger partial charge in [0.25, 0.3) is 0 Å². The van der Waals surface area contributed by atoms with E-state index >= 15 is 0 Å². The number of hydrogen-bond donors (Lipinski definition) is 1. The van der Waals surface area contributed by atoms with Crippen molar-refractivity contribution in [1.82, 2.24) is 4.98 Å². The topological polar surface area (TPSA) is 46.3 Å². The molecule has 3 saturated heterocycles. The van der Waals surface area contributed by atoms with E-state index in [0.717, 1.165) is 71.1 Å². The summed E-state index contributed by atoms with van der Waals surface area (Å²) in [4.78, 5) is 5.87. The van der Waals surface area contributed by atoms with Crippen LogP contribution in [-0.2, 0) is 12.1 Å². The summed E-state index contributed by atoms with van der Waals surface area (Å²) in [6, 6.07) is 16.9. The molecule has 2 bridgehead atoms. The minimum atomic E-state index is -1.18. The van der Waals surface area contributed by atoms with E-state index < -0.39 is 5.60 Å². The first-order valence-electron chi connectivity index (χ1n) is 14.0. The normalized spacial score (nSPS) is 27.7. The van der Waals surface area contributed by atoms with Gasteiger partial charge in [0, 0.05) is 35.3 Å². The van der Waals surface area contributed by atoms with E-state index in [9.17, 15) is 9.50 Å². The van der Waals surface area contributed by atoms with Crippen LogP contribution in [-0.4, -0.2) is 40.0 Å². The molecule has 4 nitrogen and oxygen atoms in total. The zero-order valence-corrected chi connectivity index (χ0v) is 22.3. The van der Waals surface area contributed by atoms with Gasteiger partial charge >= 0.3 is 0 Å². The van der Waals surface area contributed by atoms with Crippen molar-refractivity contribution in [3.05, 3.63) is 83.8 Å². The van der Waals surface area contributed by atoms with Crippen LogP contribution >= 0.6 is 11.8 Å². The molecular formula is C31H38FN2O2S+. The fraction of sp³-hybridized carbons (Fsp3) is 0.516. The predicted octanol–water partition coefficient (Wildman–Crippen LogP) is 6.78. The Morgan fingerprint density at radius 1 is 0.973 bits per heavy atom. The lowest BCUT2D eigenvalue weighted by Crippen LogP contribution is -2.61. The van der Waals surface area contributed by atoms with Gasteiger partial charge in [-0.1, -0.05) is 49.6 Å². The molecule has 1 saturated carbocycles. The Morgan fingerprint density at radius 2 is 1.70 bits per heavy atom. The van der Waals surface area contributed by atoms with Crippen LogP contribution in [0.2, 0.25) is 0 Å². The monoisotopic (exact) mass is 521 g/mol. The van der Waals surface area contributed by atoms with Crippen molar-refractivity contribution < 1.29 is 18.4 Å². The lowest BCUT2D eigenvalue weighted by molar-refractivity contribution is -0.959. The van der Waals surface area contributed by atoms with Crippen LogP contribution in [0.1, 0.15) is 62.2 Å². The van der Waals surface area contributed by atoms with Crippen molar-refractivity contribution in [3.8, 4) is 0 Å². The summed E-state index contributed by atoms with van der Waals surface area (Å²) in [6.07, 6.45) is 9.91. The van der Waals surface area contributed by atoms with Gasteiger partial charge in [-0.2, -0.15) is 0 Å². The fourth-order valence-electron chi connectivity index (χ4n) is 7.22. The Bertz CT molecular complexity index is 1170. The van der Waals surface area contributed by atoms with Crippen LogP contribution in [0.3, 0.4) is 0 Å². The molecular weight excluding hydrogens is 483 g/mol. The Morgan fingerprint density at radius 3 is 2.43 bits per heavy atom. The third kappa shape index (κ3) is 5.13. The molecule has 1 N–H and O–H groups in total. The average Bonchev–Trinajstić information content (AvgIpc) is 3.42. The molecule has 1 aromatic heterocycles. The van der Waals surface area contributed by atoms with Crippen LogP contribution in [0, 0.1) is 23.6 Å². The second-order valence-corrected chi connectivity index (χ2v) is 12.7. The molecule has 4 fully saturated rings. The van der Waals surface area contributed by atoms with Gasteiger partial charge in [-0.05, 0) is 48.6 Å². The molecule has 3 aromatic rings. The predicted molar refractivity (Wildman–Crippen MR) is 144 cm³/mol. The molecule has 3 aliphatic heterocycles. The van der Waals surface area contributed by atoms with Gasteiger partial charge in [0.1, 0.15) is 12.4 Å². The lowest BCUT2D eigenvalue weighted by atomic mass is 9.73. The number of oxazole rings is 1. The van der Waals surface area contributed by atoms with E-state index in [4.69, 9.17) is 9.40 Å². The molecule has 0 amide bonds. The van der Waals surface area contributed by atoms with E-state index in [-0.39, 0.29) is 11.7 Å². The number of piperidine rings is 3. The van der Waals surface area contributed by atoms with Crippen LogP contribution in [0.15, 0.2) is 70.1 Å². The summed E-state index contributed by atoms with van der Waals surface area (Å²) < 4.78 is 20.8. The Balaban J connectivity index is 1.19. The number of benzene rings is 2. The highest BCUT2D eigenvalue weighted by Gasteiger charge is 2.48. The highest BCUT2D eigenvalue weighted by molar-refractivity contribution is 7.99. The van der Waals surface area contributed by atoms with Crippen LogP contribution in [0.5, 0.6) is 0 Å². The molecule has 4 heterocycles. The summed E-state index contributed by atoms with van der Waals surface area (Å²) in [5, 5.41) is 12.2. The van der Waals surface area contributed by atoms with Crippen LogP contribution < -0.4 is 0 Å². The van der Waals surface area contributed by atoms with E-state index in [1.165, 1.54) is 32.4 Å². The number of thioether (sulfide) groups is 1. The maximum absolute atomic E-state index is 13.3. The van der Waals surface area contributed by atoms with E-state index in [1.807, 2.05) is 60.4 Å². The minimum Gasteiger partial charge on any atom is -0.436 e. The number of quaternary nitrogens is 1. The fourth-order valence-corrected chi connectivity index (χ4v) is 8.33. The lowest BCUT2D eigenvalue weighted by Gasteiger charge is -2.52. The molecule has 1 aliphatic carbocycles. The second kappa shape index (κ2) is 10.5. The SMILES string of the molecule is O[C@](c1ccccc1)(c1ncc(C[N+]23CCC(CC2)[C@H](CSc2ccc(F)cc2)C3)o1)C1CCCCC1. The number of fused-ring (bicyclic) bond motifs is 3. The molecule has 196 valence electrons. The molecule has 0 unspecified atom stereocenters. The third-order valence-electron chi connectivity index (χ3n) is 9.30. The van der Waals surface area contributed by atoms with Gasteiger partial charge in [-0.25, -0.2) is 9.37 Å². The number of halogens is 1. The Hall–Kier alpha value is -2.15. The quantitative estimate of drug-likeness (QED) is 0.262. The molecule has 2 aromatic carbocycles. The molecule has 4 aliphatic rings. The van der Waals surface area contributed by atoms with Crippen LogP contribution in [0.4, 0.5) is 4.39 Å². The summed E-state index contributed by atoms with van der Waals surface area (Å²) in [5.41, 5.74) is -0.289. The van der Waals surface area contributed by atoms with Crippen molar-refractivity contribution in [2.24, 2.45) is 17.8 Å². The standard InChI is InChI=1S/C31H38FN2O2S/c32-27-11-13-29(14-12-27)37-22-24-20-34(17-15-23(24)16-18-34)21-28-19-33-30(36-28)31(35,25-7-3-1-4-8-25)26-9-5-2-6-10-26/h1,3-4,7-8,11-14,19,23-24,26,35H,2,5-6,9-10,15-18,20-22H2/q+1/t23?,24-,31-,34?/m0/s1. The second-order valence-electron chi connectivity index (χ2n) is 11.6. The summed E-state index contributed by atoms with van der Waals surface area (Å²) in [6.45, 7) is 4.36. The van der Waals surface area contributed by atoms with Gasteiger partial charge in [0.15, 0.2) is 11.4 Å². The largest absolute Gasteiger partial charge is 0.436 e. The highest BCUT2D eigenvalue weighted by Crippen LogP contribution is 2.45. The van der Waals surface area contributed by atoms with Crippen LogP contribution in [0.25, 0.3) is 0 Å². The number of aromatic nitrogens is 1. The van der Waals surface area contributed by atoms with Gasteiger partial charge in [-0.3, -0.25) is 0 Å². The zero-order valence-electron chi connectivity index (χ0n) is 21.5. The third-order valence-corrected chi connectivity index (χ3v) is 10.5. The van der Waals surface area contributed by atoms with Crippen molar-refractivity contribution >= 4 is 11.8 Å². The summed E-state index contributed by atoms with van der Waals surface area (Å²) in [5.74, 6) is 3.83. The van der Waals surface area contributed by atoms with E-state index in [0.29, 0.717) is 11.8 Å². The maximum Gasteiger partial charge on any atom is 0.231 e. The minimum absolute atomic E-state index is 0.126. The molecule has 0 radical (unpaired) electrons. The van der Waals surface area contributed by atoms with Crippen molar-refractivity contribution in [1.29, 1.82) is 0 Å². The van der Waals surface area contributed by atoms with Crippen molar-refractivity contribution in [2.75, 3.05) is 25.4 Å². The van der Waals surface area contributed by atoms with E-state index in [2.05, 4.69) is 0 Å². The summed E-state index contributed by atoms with van der Waals surface area (Å²) >= 11 is 1.86. The van der Waals surface area contributed by atoms with Crippen molar-refractivity contribution in [3.63, 3.8) is 0 Å². The van der Waals surface area contributed by atoms with Gasteiger partial charge < -0.3 is 14.0 Å².